The summed E-state index contributed by atoms with van der Waals surface area (Å²) in [6, 6.07) is 4.79. The molecule has 16 heavy (non-hydrogen) atoms. The predicted octanol–water partition coefficient (Wildman–Crippen LogP) is 3.07. The quantitative estimate of drug-likeness (QED) is 0.814. The fraction of sp³-hybridized carbons (Fsp3) is 0.400. The van der Waals surface area contributed by atoms with E-state index in [1.165, 1.54) is 6.07 Å². The van der Waals surface area contributed by atoms with E-state index in [4.69, 9.17) is 4.78 Å². The third kappa shape index (κ3) is 3.86. The molecule has 0 saturated carbocycles. The number of benzene rings is 1. The summed E-state index contributed by atoms with van der Waals surface area (Å²) in [7, 11) is -1.86. The fourth-order valence-corrected chi connectivity index (χ4v) is 1.80. The number of hydrogen-bond acceptors (Lipinski definition) is 4. The molecule has 0 unspecified atom stereocenters. The van der Waals surface area contributed by atoms with Crippen molar-refractivity contribution >= 4 is 10.6 Å². The van der Waals surface area contributed by atoms with Gasteiger partial charge in [0.2, 0.25) is 0 Å². The van der Waals surface area contributed by atoms with Gasteiger partial charge in [0.05, 0.1) is 6.61 Å². The monoisotopic (exact) mass is 248 g/mol. The van der Waals surface area contributed by atoms with Gasteiger partial charge in [-0.25, -0.2) is 0 Å². The average Bonchev–Trinajstić information content (AvgIpc) is 2.25. The van der Waals surface area contributed by atoms with Gasteiger partial charge in [-0.1, -0.05) is 30.0 Å². The molecule has 0 aromatic heterocycles. The van der Waals surface area contributed by atoms with Crippen molar-refractivity contribution in [1.29, 1.82) is 4.78 Å². The largest absolute Gasteiger partial charge is 0.440 e. The second-order valence-corrected chi connectivity index (χ2v) is 4.19. The number of halogens is 2. The van der Waals surface area contributed by atoms with Crippen LogP contribution in [0.3, 0.4) is 0 Å². The maximum atomic E-state index is 11.8. The Hall–Kier alpha value is -1.01. The van der Waals surface area contributed by atoms with Gasteiger partial charge in [0.25, 0.3) is 0 Å². The first-order valence-corrected chi connectivity index (χ1v) is 5.83. The van der Waals surface area contributed by atoms with Gasteiger partial charge < -0.3 is 13.7 Å². The molecule has 0 saturated heterocycles. The van der Waals surface area contributed by atoms with E-state index >= 15 is 0 Å². The Bertz CT molecular complexity index is 425. The zero-order valence-electron chi connectivity index (χ0n) is 8.70. The van der Waals surface area contributed by atoms with Gasteiger partial charge in [0, 0.05) is 0 Å². The van der Waals surface area contributed by atoms with Crippen molar-refractivity contribution in [3.05, 3.63) is 29.3 Å². The number of hydrogen-bond donors (Lipinski definition) is 1. The van der Waals surface area contributed by atoms with Gasteiger partial charge in [0.15, 0.2) is 0 Å². The molecule has 0 fully saturated rings. The summed E-state index contributed by atoms with van der Waals surface area (Å²) in [5, 5.41) is 0. The highest BCUT2D eigenvalue weighted by molar-refractivity contribution is 7.73. The van der Waals surface area contributed by atoms with E-state index in [2.05, 4.69) is 4.74 Å². The van der Waals surface area contributed by atoms with E-state index in [0.29, 0.717) is 16.9 Å². The molecule has 1 N–H and O–H groups in total. The molecule has 0 bridgehead atoms. The molecule has 90 valence electrons. The molecular weight excluding hydrogens is 236 g/mol. The van der Waals surface area contributed by atoms with E-state index in [1.807, 2.05) is 6.92 Å². The van der Waals surface area contributed by atoms with Crippen molar-refractivity contribution in [3.63, 3.8) is 0 Å². The highest BCUT2D eigenvalue weighted by atomic mass is 32.2. The summed E-state index contributed by atoms with van der Waals surface area (Å²) in [6.45, 7) is -1.17. The van der Waals surface area contributed by atoms with Crippen molar-refractivity contribution in [1.82, 2.24) is 0 Å². The highest BCUT2D eigenvalue weighted by Crippen LogP contribution is 2.14. The summed E-state index contributed by atoms with van der Waals surface area (Å²) in [5.41, 5.74) is 1.36. The van der Waals surface area contributed by atoms with Crippen LogP contribution >= 0.6 is 0 Å². The van der Waals surface area contributed by atoms with Crippen molar-refractivity contribution < 1.29 is 17.7 Å². The van der Waals surface area contributed by atoms with Crippen LogP contribution in [0.15, 0.2) is 23.1 Å². The van der Waals surface area contributed by atoms with Crippen LogP contribution in [0.25, 0.3) is 0 Å². The van der Waals surface area contributed by atoms with Crippen LogP contribution in [0.2, 0.25) is 0 Å². The second-order valence-electron chi connectivity index (χ2n) is 3.18. The molecule has 0 heterocycles. The average molecular weight is 248 g/mol. The maximum Gasteiger partial charge on any atom is 0.345 e. The van der Waals surface area contributed by atoms with Gasteiger partial charge in [-0.15, -0.1) is 0 Å². The lowest BCUT2D eigenvalue weighted by Crippen LogP contribution is -2.00. The Morgan fingerprint density at radius 1 is 1.38 bits per heavy atom. The smallest absolute Gasteiger partial charge is 0.345 e. The van der Waals surface area contributed by atoms with Gasteiger partial charge in [-0.05, 0) is 17.5 Å². The Balaban J connectivity index is 2.95. The number of alkyl halides is 2. The molecule has 0 aliphatic heterocycles. The molecule has 0 aliphatic rings. The third-order valence-corrected chi connectivity index (χ3v) is 2.69. The Kier molecular flexibility index (Phi) is 4.82. The summed E-state index contributed by atoms with van der Waals surface area (Å²) in [6.07, 6.45) is 0.687. The standard InChI is InChI=1S/C10H12F2NO2S/c1-2-7-3-8(6-15-10(11)12)5-9(4-7)16(13)14/h3-5,10,13H,2,6H2,1H3/q-1. The van der Waals surface area contributed by atoms with Crippen LogP contribution in [0.5, 0.6) is 0 Å². The molecule has 0 aliphatic carbocycles. The number of aryl methyl sites for hydroxylation is 1. The first-order chi connectivity index (χ1) is 7.52. The highest BCUT2D eigenvalue weighted by Gasteiger charge is 2.03. The van der Waals surface area contributed by atoms with Gasteiger partial charge >= 0.3 is 6.61 Å². The van der Waals surface area contributed by atoms with Crippen molar-refractivity contribution in [2.24, 2.45) is 0 Å². The first-order valence-electron chi connectivity index (χ1n) is 4.68. The lowest BCUT2D eigenvalue weighted by atomic mass is 10.1. The summed E-state index contributed by atoms with van der Waals surface area (Å²) < 4.78 is 45.9. The van der Waals surface area contributed by atoms with E-state index in [0.717, 1.165) is 5.56 Å². The third-order valence-electron chi connectivity index (χ3n) is 2.02. The number of nitrogens with one attached hydrogen (secondary N) is 1. The fourth-order valence-electron chi connectivity index (χ4n) is 1.28. The SMILES string of the molecule is CCc1cc(COC(F)F)cc([S-](=N)=O)c1. The zero-order chi connectivity index (χ0) is 12.1. The van der Waals surface area contributed by atoms with Crippen molar-refractivity contribution in [3.8, 4) is 0 Å². The molecule has 1 aromatic rings. The van der Waals surface area contributed by atoms with E-state index < -0.39 is 17.2 Å². The minimum atomic E-state index is -2.82. The number of ether oxygens (including phenoxy) is 1. The molecule has 0 spiro atoms. The van der Waals surface area contributed by atoms with E-state index in [-0.39, 0.29) is 6.61 Å². The molecule has 6 heteroatoms. The normalized spacial score (nSPS) is 11.3. The summed E-state index contributed by atoms with van der Waals surface area (Å²) in [4.78, 5) is 0.312. The Morgan fingerprint density at radius 2 is 2.00 bits per heavy atom. The molecule has 0 radical (unpaired) electrons. The zero-order valence-corrected chi connectivity index (χ0v) is 9.52. The van der Waals surface area contributed by atoms with Crippen LogP contribution in [0.4, 0.5) is 8.78 Å². The van der Waals surface area contributed by atoms with Crippen molar-refractivity contribution in [2.75, 3.05) is 0 Å². The number of rotatable bonds is 5. The van der Waals surface area contributed by atoms with Gasteiger partial charge in [-0.2, -0.15) is 19.4 Å². The van der Waals surface area contributed by atoms with E-state index in [1.54, 1.807) is 12.1 Å². The second kappa shape index (κ2) is 5.91. The van der Waals surface area contributed by atoms with Crippen molar-refractivity contribution in [2.45, 2.75) is 31.5 Å². The van der Waals surface area contributed by atoms with E-state index in [9.17, 15) is 13.0 Å². The van der Waals surface area contributed by atoms with Gasteiger partial charge in [-0.3, -0.25) is 0 Å². The maximum absolute atomic E-state index is 11.8. The summed E-state index contributed by atoms with van der Waals surface area (Å²) in [5.74, 6) is 0. The molecular formula is C10H12F2NO2S-. The lowest BCUT2D eigenvalue weighted by molar-refractivity contribution is -0.137. The topological polar surface area (TPSA) is 50.1 Å². The molecule has 0 amide bonds. The first kappa shape index (κ1) is 13.1. The molecule has 0 atom stereocenters. The molecule has 1 rings (SSSR count). The van der Waals surface area contributed by atoms with Crippen LogP contribution in [-0.2, 0) is 32.6 Å². The van der Waals surface area contributed by atoms with Crippen LogP contribution in [0.1, 0.15) is 18.1 Å². The minimum absolute atomic E-state index is 0.240. The van der Waals surface area contributed by atoms with Crippen LogP contribution in [0, 0.1) is 4.78 Å². The predicted molar refractivity (Wildman–Crippen MR) is 55.7 cm³/mol. The summed E-state index contributed by atoms with van der Waals surface area (Å²) >= 11 is 0. The Labute approximate surface area is 94.4 Å². The Morgan fingerprint density at radius 3 is 2.50 bits per heavy atom. The molecule has 3 nitrogen and oxygen atoms in total. The van der Waals surface area contributed by atoms with Crippen LogP contribution in [-0.4, -0.2) is 6.61 Å². The van der Waals surface area contributed by atoms with Crippen LogP contribution < -0.4 is 0 Å². The lowest BCUT2D eigenvalue weighted by Gasteiger charge is -2.10. The minimum Gasteiger partial charge on any atom is -0.440 e. The molecule has 1 aromatic carbocycles. The van der Waals surface area contributed by atoms with Gasteiger partial charge in [0.1, 0.15) is 0 Å².